The molecule has 2 aliphatic rings. The summed E-state index contributed by atoms with van der Waals surface area (Å²) in [6, 6.07) is 11.5. The zero-order valence-electron chi connectivity index (χ0n) is 23.4. The lowest BCUT2D eigenvalue weighted by Crippen LogP contribution is -2.41. The zero-order chi connectivity index (χ0) is 30.6. The van der Waals surface area contributed by atoms with Crippen LogP contribution in [0.25, 0.3) is 17.1 Å². The fourth-order valence-electron chi connectivity index (χ4n) is 5.22. The van der Waals surface area contributed by atoms with E-state index in [-0.39, 0.29) is 41.5 Å². The average molecular weight is 640 g/mol. The second-order valence-electron chi connectivity index (χ2n) is 10.5. The van der Waals surface area contributed by atoms with Gasteiger partial charge in [-0.1, -0.05) is 43.7 Å². The first-order valence-corrected chi connectivity index (χ1v) is 16.4. The number of amides is 1. The van der Waals surface area contributed by atoms with E-state index in [9.17, 15) is 26.4 Å². The number of rotatable bonds is 9. The van der Waals surface area contributed by atoms with Crippen LogP contribution in [0.4, 0.5) is 13.2 Å². The van der Waals surface area contributed by atoms with E-state index in [2.05, 4.69) is 27.2 Å². The molecular formula is C28H32F3N5O5S2. The monoisotopic (exact) mass is 639 g/mol. The van der Waals surface area contributed by atoms with Crippen molar-refractivity contribution in [2.24, 2.45) is 5.92 Å². The molecule has 2 unspecified atom stereocenters. The molecular weight excluding hydrogens is 607 g/mol. The number of hydrogen-bond donors (Lipinski definition) is 1. The molecule has 1 aromatic heterocycles. The number of carbonyl (C=O) groups is 1. The van der Waals surface area contributed by atoms with Crippen LogP contribution in [-0.2, 0) is 19.6 Å². The van der Waals surface area contributed by atoms with Crippen molar-refractivity contribution in [2.45, 2.75) is 55.1 Å². The lowest BCUT2D eigenvalue weighted by molar-refractivity contribution is -0.274. The van der Waals surface area contributed by atoms with Gasteiger partial charge in [-0.05, 0) is 55.2 Å². The van der Waals surface area contributed by atoms with Gasteiger partial charge in [-0.15, -0.1) is 23.4 Å². The lowest BCUT2D eigenvalue weighted by Gasteiger charge is -2.29. The third kappa shape index (κ3) is 7.69. The van der Waals surface area contributed by atoms with Gasteiger partial charge in [0, 0.05) is 30.4 Å². The molecule has 1 aliphatic carbocycles. The van der Waals surface area contributed by atoms with Crippen LogP contribution < -0.4 is 10.1 Å². The third-order valence-corrected chi connectivity index (χ3v) is 10.3. The van der Waals surface area contributed by atoms with Crippen molar-refractivity contribution in [1.82, 2.24) is 24.4 Å². The van der Waals surface area contributed by atoms with Crippen LogP contribution in [-0.4, -0.2) is 77.9 Å². The SMILES string of the molecule is CC1CCCCC1NC(=O)CSc1nnc(-c2cccc(S(=O)(=O)N3CCOCC3)c2)n1-c1ccc(OC(F)(F)F)cc1. The summed E-state index contributed by atoms with van der Waals surface area (Å²) >= 11 is 1.13. The van der Waals surface area contributed by atoms with E-state index in [1.165, 1.54) is 28.6 Å². The Kier molecular flexibility index (Phi) is 9.63. The van der Waals surface area contributed by atoms with E-state index in [0.29, 0.717) is 35.5 Å². The Morgan fingerprint density at radius 3 is 2.51 bits per heavy atom. The van der Waals surface area contributed by atoms with Crippen LogP contribution in [0.1, 0.15) is 32.6 Å². The molecule has 3 aromatic rings. The fourth-order valence-corrected chi connectivity index (χ4v) is 7.44. The Bertz CT molecular complexity index is 1530. The largest absolute Gasteiger partial charge is 0.573 e. The highest BCUT2D eigenvalue weighted by Crippen LogP contribution is 2.32. The van der Waals surface area contributed by atoms with Crippen LogP contribution in [0, 0.1) is 5.92 Å². The number of morpholine rings is 1. The number of nitrogens with zero attached hydrogens (tertiary/aromatic N) is 4. The molecule has 2 heterocycles. The molecule has 232 valence electrons. The highest BCUT2D eigenvalue weighted by atomic mass is 32.2. The first-order chi connectivity index (χ1) is 20.5. The molecule has 2 atom stereocenters. The molecule has 1 saturated carbocycles. The standard InChI is InChI=1S/C28H32F3N5O5S2/c1-19-5-2-3-8-24(19)32-25(37)18-42-27-34-33-26(36(27)21-9-11-22(12-10-21)41-28(29,30)31)20-6-4-7-23(17-20)43(38,39)35-13-15-40-16-14-35/h4,6-7,9-12,17,19,24H,2-3,5,8,13-16,18H2,1H3,(H,32,37). The molecule has 43 heavy (non-hydrogen) atoms. The van der Waals surface area contributed by atoms with Gasteiger partial charge in [0.2, 0.25) is 15.9 Å². The zero-order valence-corrected chi connectivity index (χ0v) is 25.1. The number of thioether (sulfide) groups is 1. The maximum Gasteiger partial charge on any atom is 0.573 e. The summed E-state index contributed by atoms with van der Waals surface area (Å²) in [5.41, 5.74) is 0.824. The molecule has 15 heteroatoms. The number of sulfonamides is 1. The molecule has 0 spiro atoms. The summed E-state index contributed by atoms with van der Waals surface area (Å²) in [6.45, 7) is 3.19. The van der Waals surface area contributed by atoms with E-state index in [1.807, 2.05) is 0 Å². The maximum atomic E-state index is 13.3. The highest BCUT2D eigenvalue weighted by Gasteiger charge is 2.31. The predicted octanol–water partition coefficient (Wildman–Crippen LogP) is 4.64. The Morgan fingerprint density at radius 1 is 1.09 bits per heavy atom. The van der Waals surface area contributed by atoms with Crippen LogP contribution >= 0.6 is 11.8 Å². The van der Waals surface area contributed by atoms with Crippen molar-refractivity contribution in [3.05, 3.63) is 48.5 Å². The Morgan fingerprint density at radius 2 is 1.81 bits per heavy atom. The minimum atomic E-state index is -4.85. The first-order valence-electron chi connectivity index (χ1n) is 13.9. The van der Waals surface area contributed by atoms with E-state index in [1.54, 1.807) is 16.7 Å². The van der Waals surface area contributed by atoms with Gasteiger partial charge in [-0.2, -0.15) is 4.31 Å². The van der Waals surface area contributed by atoms with Gasteiger partial charge in [-0.25, -0.2) is 8.42 Å². The predicted molar refractivity (Wildman–Crippen MR) is 153 cm³/mol. The molecule has 1 saturated heterocycles. The van der Waals surface area contributed by atoms with Crippen molar-refractivity contribution in [3.8, 4) is 22.8 Å². The number of nitrogens with one attached hydrogen (secondary N) is 1. The summed E-state index contributed by atoms with van der Waals surface area (Å²) in [5.74, 6) is 0.123. The van der Waals surface area contributed by atoms with Crippen molar-refractivity contribution >= 4 is 27.7 Å². The molecule has 2 aromatic carbocycles. The summed E-state index contributed by atoms with van der Waals surface area (Å²) in [4.78, 5) is 12.9. The number of aromatic nitrogens is 3. The summed E-state index contributed by atoms with van der Waals surface area (Å²) in [6.07, 6.45) is -0.650. The van der Waals surface area contributed by atoms with Gasteiger partial charge in [0.15, 0.2) is 11.0 Å². The molecule has 5 rings (SSSR count). The highest BCUT2D eigenvalue weighted by molar-refractivity contribution is 7.99. The summed E-state index contributed by atoms with van der Waals surface area (Å²) in [7, 11) is -3.81. The van der Waals surface area contributed by atoms with Gasteiger partial charge in [0.1, 0.15) is 5.75 Å². The number of ether oxygens (including phenoxy) is 2. The minimum absolute atomic E-state index is 0.0437. The smallest absolute Gasteiger partial charge is 0.406 e. The normalized spacial score (nSPS) is 20.1. The van der Waals surface area contributed by atoms with Crippen molar-refractivity contribution in [2.75, 3.05) is 32.1 Å². The molecule has 10 nitrogen and oxygen atoms in total. The van der Waals surface area contributed by atoms with Gasteiger partial charge in [0.05, 0.1) is 23.9 Å². The Balaban J connectivity index is 1.45. The van der Waals surface area contributed by atoms with Gasteiger partial charge >= 0.3 is 6.36 Å². The number of benzene rings is 2. The second kappa shape index (κ2) is 13.2. The minimum Gasteiger partial charge on any atom is -0.406 e. The fraction of sp³-hybridized carbons (Fsp3) is 0.464. The quantitative estimate of drug-likeness (QED) is 0.337. The molecule has 1 N–H and O–H groups in total. The Labute approximate surface area is 252 Å². The summed E-state index contributed by atoms with van der Waals surface area (Å²) in [5, 5.41) is 12.0. The number of hydrogen-bond acceptors (Lipinski definition) is 8. The second-order valence-corrected chi connectivity index (χ2v) is 13.3. The van der Waals surface area contributed by atoms with Gasteiger partial charge in [-0.3, -0.25) is 9.36 Å². The summed E-state index contributed by atoms with van der Waals surface area (Å²) < 4.78 is 77.1. The molecule has 0 radical (unpaired) electrons. The average Bonchev–Trinajstić information content (AvgIpc) is 3.41. The van der Waals surface area contributed by atoms with Crippen molar-refractivity contribution in [1.29, 1.82) is 0 Å². The maximum absolute atomic E-state index is 13.3. The topological polar surface area (TPSA) is 116 Å². The van der Waals surface area contributed by atoms with Crippen LogP contribution in [0.15, 0.2) is 58.6 Å². The van der Waals surface area contributed by atoms with E-state index in [0.717, 1.165) is 49.6 Å². The van der Waals surface area contributed by atoms with E-state index < -0.39 is 22.1 Å². The van der Waals surface area contributed by atoms with E-state index in [4.69, 9.17) is 4.74 Å². The third-order valence-electron chi connectivity index (χ3n) is 7.45. The van der Waals surface area contributed by atoms with Crippen LogP contribution in [0.3, 0.4) is 0 Å². The molecule has 0 bridgehead atoms. The number of alkyl halides is 3. The van der Waals surface area contributed by atoms with Crippen LogP contribution in [0.5, 0.6) is 5.75 Å². The lowest BCUT2D eigenvalue weighted by atomic mass is 9.86. The van der Waals surface area contributed by atoms with Crippen molar-refractivity contribution in [3.63, 3.8) is 0 Å². The molecule has 1 amide bonds. The Hall–Kier alpha value is -3.14. The van der Waals surface area contributed by atoms with Crippen molar-refractivity contribution < 1.29 is 35.9 Å². The molecule has 2 fully saturated rings. The van der Waals surface area contributed by atoms with E-state index >= 15 is 0 Å². The number of carbonyl (C=O) groups excluding carboxylic acids is 1. The first kappa shape index (κ1) is 31.3. The van der Waals surface area contributed by atoms with Gasteiger partial charge in [0.25, 0.3) is 0 Å². The van der Waals surface area contributed by atoms with Crippen LogP contribution in [0.2, 0.25) is 0 Å². The number of halogens is 3. The molecule has 1 aliphatic heterocycles. The van der Waals surface area contributed by atoms with Gasteiger partial charge < -0.3 is 14.8 Å².